The van der Waals surface area contributed by atoms with Crippen molar-refractivity contribution >= 4 is 43.0 Å². The number of sulfonamides is 1. The second-order valence-electron chi connectivity index (χ2n) is 8.25. The summed E-state index contributed by atoms with van der Waals surface area (Å²) in [6.45, 7) is 3.13. The summed E-state index contributed by atoms with van der Waals surface area (Å²) >= 11 is 5.25. The van der Waals surface area contributed by atoms with Crippen molar-refractivity contribution < 1.29 is 17.9 Å². The van der Waals surface area contributed by atoms with E-state index >= 15 is 0 Å². The quantitative estimate of drug-likeness (QED) is 0.445. The molecule has 0 amide bonds. The zero-order valence-electron chi connectivity index (χ0n) is 18.6. The highest BCUT2D eigenvalue weighted by Crippen LogP contribution is 2.30. The molecule has 5 rings (SSSR count). The second-order valence-corrected chi connectivity index (χ2v) is 11.9. The molecule has 2 fully saturated rings. The Morgan fingerprint density at radius 1 is 1.06 bits per heavy atom. The zero-order chi connectivity index (χ0) is 23.5. The predicted molar refractivity (Wildman–Crippen MR) is 136 cm³/mol. The maximum Gasteiger partial charge on any atom is 0.243 e. The number of hydrogen-bond donors (Lipinski definition) is 0. The molecular formula is C24H26BrN3O4S2. The van der Waals surface area contributed by atoms with Crippen LogP contribution in [0.3, 0.4) is 0 Å². The van der Waals surface area contributed by atoms with E-state index in [9.17, 15) is 8.42 Å². The molecule has 10 heteroatoms. The van der Waals surface area contributed by atoms with E-state index < -0.39 is 10.0 Å². The van der Waals surface area contributed by atoms with Gasteiger partial charge in [-0.3, -0.25) is 0 Å². The maximum absolute atomic E-state index is 12.9. The molecule has 180 valence electrons. The molecule has 3 aromatic rings. The van der Waals surface area contributed by atoms with Crippen LogP contribution >= 0.6 is 27.3 Å². The highest BCUT2D eigenvalue weighted by molar-refractivity contribution is 9.10. The van der Waals surface area contributed by atoms with Crippen LogP contribution in [0.1, 0.15) is 12.8 Å². The summed E-state index contributed by atoms with van der Waals surface area (Å²) in [7, 11) is -3.52. The summed E-state index contributed by atoms with van der Waals surface area (Å²) < 4.78 is 41.7. The number of benzene rings is 2. The summed E-state index contributed by atoms with van der Waals surface area (Å²) in [5, 5.41) is 2.12. The molecule has 7 nitrogen and oxygen atoms in total. The average molecular weight is 565 g/mol. The summed E-state index contributed by atoms with van der Waals surface area (Å²) in [4.78, 5) is 6.01. The number of nitrogens with zero attached hydrogens (tertiary/aromatic N) is 3. The van der Waals surface area contributed by atoms with Crippen LogP contribution in [0.2, 0.25) is 0 Å². The Morgan fingerprint density at radius 3 is 2.53 bits per heavy atom. The lowest BCUT2D eigenvalue weighted by atomic mass is 10.1. The number of halogens is 1. The first-order valence-electron chi connectivity index (χ1n) is 11.3. The van der Waals surface area contributed by atoms with E-state index in [0.29, 0.717) is 32.0 Å². The van der Waals surface area contributed by atoms with Gasteiger partial charge in [-0.05, 0) is 43.2 Å². The van der Waals surface area contributed by atoms with Crippen LogP contribution in [0, 0.1) is 0 Å². The molecule has 0 spiro atoms. The lowest BCUT2D eigenvalue weighted by Gasteiger charge is -2.26. The van der Waals surface area contributed by atoms with E-state index in [1.807, 2.05) is 18.2 Å². The number of hydrogen-bond acceptors (Lipinski definition) is 6. The Balaban J connectivity index is 1.48. The smallest absolute Gasteiger partial charge is 0.243 e. The molecule has 0 aliphatic carbocycles. The summed E-state index contributed by atoms with van der Waals surface area (Å²) in [6, 6.07) is 15.0. The summed E-state index contributed by atoms with van der Waals surface area (Å²) in [6.07, 6.45) is 2.27. The fourth-order valence-corrected chi connectivity index (χ4v) is 7.04. The van der Waals surface area contributed by atoms with Gasteiger partial charge in [-0.15, -0.1) is 11.3 Å². The first-order chi connectivity index (χ1) is 16.5. The van der Waals surface area contributed by atoms with Crippen LogP contribution in [0.4, 0.5) is 5.69 Å². The Kier molecular flexibility index (Phi) is 7.33. The molecule has 2 aliphatic heterocycles. The van der Waals surface area contributed by atoms with Crippen LogP contribution in [0.5, 0.6) is 0 Å². The van der Waals surface area contributed by atoms with Gasteiger partial charge in [0.2, 0.25) is 10.0 Å². The van der Waals surface area contributed by atoms with Gasteiger partial charge in [0.15, 0.2) is 4.80 Å². The van der Waals surface area contributed by atoms with Crippen molar-refractivity contribution in [2.24, 2.45) is 4.99 Å². The molecule has 0 N–H and O–H groups in total. The van der Waals surface area contributed by atoms with E-state index in [2.05, 4.69) is 31.9 Å². The fourth-order valence-electron chi connectivity index (χ4n) is 4.21. The Bertz CT molecular complexity index is 1310. The fraction of sp³-hybridized carbons (Fsp3) is 0.375. The number of aromatic nitrogens is 1. The van der Waals surface area contributed by atoms with E-state index in [4.69, 9.17) is 14.5 Å². The number of ether oxygens (including phenoxy) is 2. The van der Waals surface area contributed by atoms with Crippen molar-refractivity contribution in [3.8, 4) is 11.3 Å². The van der Waals surface area contributed by atoms with E-state index in [-0.39, 0.29) is 11.0 Å². The van der Waals surface area contributed by atoms with Crippen molar-refractivity contribution in [2.75, 3.05) is 32.9 Å². The van der Waals surface area contributed by atoms with Gasteiger partial charge in [0.25, 0.3) is 0 Å². The van der Waals surface area contributed by atoms with Gasteiger partial charge >= 0.3 is 0 Å². The molecule has 34 heavy (non-hydrogen) atoms. The van der Waals surface area contributed by atoms with Crippen LogP contribution in [-0.2, 0) is 26.0 Å². The lowest BCUT2D eigenvalue weighted by Crippen LogP contribution is -2.40. The van der Waals surface area contributed by atoms with Crippen molar-refractivity contribution in [3.05, 3.63) is 63.2 Å². The monoisotopic (exact) mass is 563 g/mol. The first-order valence-corrected chi connectivity index (χ1v) is 14.4. The van der Waals surface area contributed by atoms with E-state index in [1.165, 1.54) is 4.31 Å². The highest BCUT2D eigenvalue weighted by Gasteiger charge is 2.26. The van der Waals surface area contributed by atoms with Gasteiger partial charge in [-0.1, -0.05) is 34.1 Å². The van der Waals surface area contributed by atoms with Crippen LogP contribution < -0.4 is 4.80 Å². The summed E-state index contributed by atoms with van der Waals surface area (Å²) in [5.41, 5.74) is 2.89. The normalized spacial score (nSPS) is 20.1. The Morgan fingerprint density at radius 2 is 1.82 bits per heavy atom. The number of thiazole rings is 1. The van der Waals surface area contributed by atoms with Crippen LogP contribution in [0.25, 0.3) is 11.3 Å². The standard InChI is InChI=1S/C24H26BrN3O4S2/c25-22-6-2-1-5-21(22)23-17-33-24(28(23)16-19-4-3-13-32-19)26-18-7-9-20(10-8-18)34(29,30)27-11-14-31-15-12-27/h1-2,5-10,17,19H,3-4,11-16H2. The third-order valence-electron chi connectivity index (χ3n) is 6.03. The predicted octanol–water partition coefficient (Wildman–Crippen LogP) is 4.41. The largest absolute Gasteiger partial charge is 0.379 e. The van der Waals surface area contributed by atoms with Gasteiger partial charge in [-0.2, -0.15) is 4.31 Å². The van der Waals surface area contributed by atoms with E-state index in [1.54, 1.807) is 35.6 Å². The molecule has 1 atom stereocenters. The molecule has 1 unspecified atom stereocenters. The lowest BCUT2D eigenvalue weighted by molar-refractivity contribution is 0.0730. The molecule has 1 aromatic heterocycles. The van der Waals surface area contributed by atoms with Crippen molar-refractivity contribution in [2.45, 2.75) is 30.4 Å². The molecule has 0 radical (unpaired) electrons. The summed E-state index contributed by atoms with van der Waals surface area (Å²) in [5.74, 6) is 0. The third kappa shape index (κ3) is 5.07. The Hall–Kier alpha value is -1.82. The highest BCUT2D eigenvalue weighted by atomic mass is 79.9. The topological polar surface area (TPSA) is 73.1 Å². The Labute approximate surface area is 211 Å². The molecule has 2 saturated heterocycles. The van der Waals surface area contributed by atoms with Gasteiger partial charge in [0.1, 0.15) is 0 Å². The third-order valence-corrected chi connectivity index (χ3v) is 9.49. The van der Waals surface area contributed by atoms with Crippen molar-refractivity contribution in [3.63, 3.8) is 0 Å². The van der Waals surface area contributed by atoms with Crippen LogP contribution in [0.15, 0.2) is 68.3 Å². The van der Waals surface area contributed by atoms with Crippen molar-refractivity contribution in [1.82, 2.24) is 8.87 Å². The molecule has 0 saturated carbocycles. The van der Waals surface area contributed by atoms with Gasteiger partial charge in [0.05, 0.1) is 42.1 Å². The molecule has 2 aromatic carbocycles. The van der Waals surface area contributed by atoms with Gasteiger partial charge < -0.3 is 14.0 Å². The molecule has 0 bridgehead atoms. The number of rotatable bonds is 6. The van der Waals surface area contributed by atoms with Crippen molar-refractivity contribution in [1.29, 1.82) is 0 Å². The minimum absolute atomic E-state index is 0.163. The second kappa shape index (κ2) is 10.4. The molecule has 3 heterocycles. The van der Waals surface area contributed by atoms with Crippen LogP contribution in [-0.4, -0.2) is 56.3 Å². The van der Waals surface area contributed by atoms with Gasteiger partial charge in [0, 0.05) is 35.1 Å². The number of morpholine rings is 1. The molecular weight excluding hydrogens is 538 g/mol. The SMILES string of the molecule is O=S(=O)(c1ccc(N=c2scc(-c3ccccc3Br)n2CC2CCCO2)cc1)N1CCOCC1. The van der Waals surface area contributed by atoms with E-state index in [0.717, 1.165) is 46.5 Å². The minimum atomic E-state index is -3.52. The minimum Gasteiger partial charge on any atom is -0.379 e. The maximum atomic E-state index is 12.9. The average Bonchev–Trinajstić information content (AvgIpc) is 3.51. The molecule has 2 aliphatic rings. The zero-order valence-corrected chi connectivity index (χ0v) is 21.8. The first kappa shape index (κ1) is 23.9. The van der Waals surface area contributed by atoms with Gasteiger partial charge in [-0.25, -0.2) is 13.4 Å².